The molecule has 5 nitrogen and oxygen atoms in total. The molecule has 6 heteroatoms. The maximum atomic E-state index is 11.9. The third kappa shape index (κ3) is 2.67. The van der Waals surface area contributed by atoms with Crippen molar-refractivity contribution < 1.29 is 14.3 Å². The minimum absolute atomic E-state index is 0.418. The highest BCUT2D eigenvalue weighted by atomic mass is 32.1. The van der Waals surface area contributed by atoms with Crippen molar-refractivity contribution in [3.8, 4) is 0 Å². The summed E-state index contributed by atoms with van der Waals surface area (Å²) in [6.07, 6.45) is 1.24. The van der Waals surface area contributed by atoms with Gasteiger partial charge >= 0.3 is 5.97 Å². The maximum Gasteiger partial charge on any atom is 0.335 e. The molecule has 108 valence electrons. The Hall–Kier alpha value is -2.21. The van der Waals surface area contributed by atoms with Gasteiger partial charge < -0.3 is 9.47 Å². The number of hydrogen-bond donors (Lipinski definition) is 0. The van der Waals surface area contributed by atoms with Crippen LogP contribution in [0.2, 0.25) is 0 Å². The topological polar surface area (TPSA) is 60.8 Å². The van der Waals surface area contributed by atoms with Crippen molar-refractivity contribution in [3.05, 3.63) is 52.0 Å². The molecule has 0 amide bonds. The average molecular weight is 302 g/mol. The second kappa shape index (κ2) is 5.65. The van der Waals surface area contributed by atoms with Crippen LogP contribution in [0, 0.1) is 6.92 Å². The molecule has 0 spiro atoms. The van der Waals surface area contributed by atoms with Crippen LogP contribution >= 0.6 is 11.3 Å². The first kappa shape index (κ1) is 13.8. The number of hydrogen-bond acceptors (Lipinski definition) is 6. The third-order valence-electron chi connectivity index (χ3n) is 3.13. The van der Waals surface area contributed by atoms with Crippen molar-refractivity contribution in [1.82, 2.24) is 4.98 Å². The summed E-state index contributed by atoms with van der Waals surface area (Å²) in [6.45, 7) is 1.96. The number of nitrogens with zero attached hydrogens (tertiary/aromatic N) is 2. The van der Waals surface area contributed by atoms with Gasteiger partial charge in [-0.05, 0) is 19.1 Å². The number of esters is 1. The summed E-state index contributed by atoms with van der Waals surface area (Å²) in [6, 6.07) is 8.78. The Morgan fingerprint density at radius 3 is 2.71 bits per heavy atom. The first-order valence-corrected chi connectivity index (χ1v) is 7.30. The number of methoxy groups -OCH3 is 1. The number of rotatable bonds is 3. The van der Waals surface area contributed by atoms with Gasteiger partial charge in [-0.3, -0.25) is 0 Å². The molecule has 2 aromatic rings. The van der Waals surface area contributed by atoms with Crippen molar-refractivity contribution >= 4 is 23.2 Å². The minimum Gasteiger partial charge on any atom is -0.467 e. The van der Waals surface area contributed by atoms with E-state index in [4.69, 9.17) is 9.47 Å². The van der Waals surface area contributed by atoms with Gasteiger partial charge in [0.05, 0.1) is 7.11 Å². The lowest BCUT2D eigenvalue weighted by Crippen LogP contribution is -2.25. The van der Waals surface area contributed by atoms with Crippen molar-refractivity contribution in [2.45, 2.75) is 19.1 Å². The minimum atomic E-state index is -0.712. The van der Waals surface area contributed by atoms with Crippen LogP contribution in [-0.2, 0) is 14.3 Å². The zero-order valence-electron chi connectivity index (χ0n) is 11.6. The standard InChI is InChI=1S/C15H14N2O3S/c1-9-8-16-14(21-9)12-11(15(18)19-2)17-13(20-12)10-6-4-3-5-7-10/h3-8,11-12H,1-2H3. The molecule has 0 saturated heterocycles. The van der Waals surface area contributed by atoms with E-state index in [9.17, 15) is 4.79 Å². The van der Waals surface area contributed by atoms with Gasteiger partial charge in [0.2, 0.25) is 5.90 Å². The van der Waals surface area contributed by atoms with E-state index in [-0.39, 0.29) is 0 Å². The van der Waals surface area contributed by atoms with Crippen molar-refractivity contribution in [1.29, 1.82) is 0 Å². The number of thiazole rings is 1. The SMILES string of the molecule is COC(=O)C1N=C(c2ccccc2)OC1c1ncc(C)s1. The van der Waals surface area contributed by atoms with Crippen LogP contribution in [0.5, 0.6) is 0 Å². The summed E-state index contributed by atoms with van der Waals surface area (Å²) in [7, 11) is 1.35. The quantitative estimate of drug-likeness (QED) is 0.817. The van der Waals surface area contributed by atoms with Crippen LogP contribution in [0.1, 0.15) is 21.6 Å². The number of benzene rings is 1. The molecule has 1 aliphatic heterocycles. The molecule has 2 atom stereocenters. The van der Waals surface area contributed by atoms with Gasteiger partial charge in [-0.2, -0.15) is 0 Å². The van der Waals surface area contributed by atoms with Gasteiger partial charge in [-0.25, -0.2) is 14.8 Å². The normalized spacial score (nSPS) is 20.8. The Bertz CT molecular complexity index is 681. The maximum absolute atomic E-state index is 11.9. The van der Waals surface area contributed by atoms with Gasteiger partial charge in [-0.1, -0.05) is 18.2 Å². The zero-order valence-corrected chi connectivity index (χ0v) is 12.5. The fourth-order valence-corrected chi connectivity index (χ4v) is 2.95. The van der Waals surface area contributed by atoms with E-state index in [0.717, 1.165) is 15.4 Å². The highest BCUT2D eigenvalue weighted by Crippen LogP contribution is 2.33. The third-order valence-corrected chi connectivity index (χ3v) is 4.10. The van der Waals surface area contributed by atoms with Crippen LogP contribution < -0.4 is 0 Å². The largest absolute Gasteiger partial charge is 0.467 e. The summed E-state index contributed by atoms with van der Waals surface area (Å²) in [5, 5.41) is 0.734. The molecule has 2 unspecified atom stereocenters. The predicted molar refractivity (Wildman–Crippen MR) is 79.5 cm³/mol. The fourth-order valence-electron chi connectivity index (χ4n) is 2.12. The average Bonchev–Trinajstić information content (AvgIpc) is 3.13. The van der Waals surface area contributed by atoms with E-state index in [1.165, 1.54) is 18.4 Å². The summed E-state index contributed by atoms with van der Waals surface area (Å²) < 4.78 is 10.7. The zero-order chi connectivity index (χ0) is 14.8. The number of aromatic nitrogens is 1. The predicted octanol–water partition coefficient (Wildman–Crippen LogP) is 2.51. The van der Waals surface area contributed by atoms with E-state index < -0.39 is 18.1 Å². The van der Waals surface area contributed by atoms with Crippen molar-refractivity contribution in [2.24, 2.45) is 4.99 Å². The summed E-state index contributed by atoms with van der Waals surface area (Å²) in [5.41, 5.74) is 0.835. The molecule has 0 aliphatic carbocycles. The van der Waals surface area contributed by atoms with Gasteiger partial charge in [0.1, 0.15) is 5.01 Å². The fraction of sp³-hybridized carbons (Fsp3) is 0.267. The van der Waals surface area contributed by atoms with E-state index in [1.54, 1.807) is 6.20 Å². The Morgan fingerprint density at radius 2 is 2.10 bits per heavy atom. The second-order valence-electron chi connectivity index (χ2n) is 4.62. The lowest BCUT2D eigenvalue weighted by Gasteiger charge is -2.13. The van der Waals surface area contributed by atoms with E-state index in [1.807, 2.05) is 37.3 Å². The molecule has 2 heterocycles. The lowest BCUT2D eigenvalue weighted by molar-refractivity contribution is -0.143. The van der Waals surface area contributed by atoms with Crippen molar-refractivity contribution in [2.75, 3.05) is 7.11 Å². The Labute approximate surface area is 126 Å². The molecule has 0 bridgehead atoms. The second-order valence-corrected chi connectivity index (χ2v) is 5.88. The van der Waals surface area contributed by atoms with E-state index in [0.29, 0.717) is 5.90 Å². The molecule has 1 aromatic heterocycles. The van der Waals surface area contributed by atoms with Crippen LogP contribution in [-0.4, -0.2) is 30.0 Å². The monoisotopic (exact) mass is 302 g/mol. The molecule has 0 radical (unpaired) electrons. The van der Waals surface area contributed by atoms with Crippen LogP contribution in [0.3, 0.4) is 0 Å². The first-order chi connectivity index (χ1) is 10.2. The lowest BCUT2D eigenvalue weighted by atomic mass is 10.2. The number of carbonyl (C=O) groups is 1. The van der Waals surface area contributed by atoms with Gasteiger partial charge in [0, 0.05) is 16.6 Å². The van der Waals surface area contributed by atoms with E-state index >= 15 is 0 Å². The molecule has 1 aliphatic rings. The number of aliphatic imine (C=N–C) groups is 1. The summed E-state index contributed by atoms with van der Waals surface area (Å²) in [5.74, 6) is 0.0302. The molecule has 0 fully saturated rings. The van der Waals surface area contributed by atoms with Gasteiger partial charge in [0.25, 0.3) is 0 Å². The summed E-state index contributed by atoms with van der Waals surface area (Å²) in [4.78, 5) is 21.7. The van der Waals surface area contributed by atoms with Crippen molar-refractivity contribution in [3.63, 3.8) is 0 Å². The number of carbonyl (C=O) groups excluding carboxylic acids is 1. The summed E-state index contributed by atoms with van der Waals surface area (Å²) >= 11 is 1.50. The highest BCUT2D eigenvalue weighted by Gasteiger charge is 2.40. The Morgan fingerprint density at radius 1 is 1.33 bits per heavy atom. The van der Waals surface area contributed by atoms with Crippen LogP contribution in [0.15, 0.2) is 41.5 Å². The number of ether oxygens (including phenoxy) is 2. The molecule has 21 heavy (non-hydrogen) atoms. The smallest absolute Gasteiger partial charge is 0.335 e. The van der Waals surface area contributed by atoms with Gasteiger partial charge in [0.15, 0.2) is 12.1 Å². The van der Waals surface area contributed by atoms with Gasteiger partial charge in [-0.15, -0.1) is 11.3 Å². The Balaban J connectivity index is 1.94. The van der Waals surface area contributed by atoms with Crippen LogP contribution in [0.25, 0.3) is 0 Å². The molecule has 1 aromatic carbocycles. The molecule has 0 saturated carbocycles. The van der Waals surface area contributed by atoms with Crippen LogP contribution in [0.4, 0.5) is 0 Å². The molecular weight excluding hydrogens is 288 g/mol. The number of aryl methyl sites for hydroxylation is 1. The first-order valence-electron chi connectivity index (χ1n) is 6.49. The Kier molecular flexibility index (Phi) is 3.70. The molecule has 0 N–H and O–H groups in total. The van der Waals surface area contributed by atoms with E-state index in [2.05, 4.69) is 9.98 Å². The highest BCUT2D eigenvalue weighted by molar-refractivity contribution is 7.11. The molecular formula is C15H14N2O3S. The molecule has 3 rings (SSSR count).